The van der Waals surface area contributed by atoms with Crippen molar-refractivity contribution in [1.82, 2.24) is 10.1 Å². The van der Waals surface area contributed by atoms with Crippen molar-refractivity contribution in [3.05, 3.63) is 46.3 Å². The first-order chi connectivity index (χ1) is 10.4. The highest BCUT2D eigenvalue weighted by Gasteiger charge is 2.21. The average Bonchev–Trinajstić information content (AvgIpc) is 2.78. The summed E-state index contributed by atoms with van der Waals surface area (Å²) in [4.78, 5) is 14.0. The predicted octanol–water partition coefficient (Wildman–Crippen LogP) is 3.37. The molecule has 0 aliphatic heterocycles. The number of halogens is 1. The van der Waals surface area contributed by atoms with E-state index in [1.807, 2.05) is 13.8 Å². The minimum Gasteiger partial charge on any atom is -0.481 e. The molecule has 0 radical (unpaired) electrons. The molecule has 0 N–H and O–H groups in total. The van der Waals surface area contributed by atoms with Gasteiger partial charge in [0.1, 0.15) is 11.5 Å². The zero-order valence-corrected chi connectivity index (χ0v) is 13.8. The van der Waals surface area contributed by atoms with Gasteiger partial charge in [0.25, 0.3) is 5.91 Å². The quantitative estimate of drug-likeness (QED) is 0.847. The third kappa shape index (κ3) is 3.80. The number of carbonyl (C=O) groups excluding carboxylic acids is 1. The zero-order valence-electron chi connectivity index (χ0n) is 13.1. The van der Waals surface area contributed by atoms with Crippen molar-refractivity contribution in [3.63, 3.8) is 0 Å². The number of likely N-dealkylation sites (N-methyl/N-ethyl adjacent to an activating group) is 1. The number of hydrogen-bond donors (Lipinski definition) is 0. The number of benzene rings is 1. The molecule has 1 aromatic heterocycles. The molecular weight excluding hydrogens is 304 g/mol. The van der Waals surface area contributed by atoms with E-state index in [1.54, 1.807) is 43.1 Å². The Morgan fingerprint density at radius 2 is 2.18 bits per heavy atom. The summed E-state index contributed by atoms with van der Waals surface area (Å²) in [6, 6.07) is 6.98. The lowest BCUT2D eigenvalue weighted by molar-refractivity contribution is -0.137. The van der Waals surface area contributed by atoms with Crippen molar-refractivity contribution in [1.29, 1.82) is 0 Å². The van der Waals surface area contributed by atoms with Crippen molar-refractivity contribution >= 4 is 17.5 Å². The van der Waals surface area contributed by atoms with E-state index in [4.69, 9.17) is 20.9 Å². The molecule has 6 heteroatoms. The normalized spacial score (nSPS) is 12.0. The first-order valence-corrected chi connectivity index (χ1v) is 7.35. The topological polar surface area (TPSA) is 55.6 Å². The lowest BCUT2D eigenvalue weighted by Gasteiger charge is -2.22. The Balaban J connectivity index is 2.01. The molecule has 5 nitrogen and oxygen atoms in total. The third-order valence-corrected chi connectivity index (χ3v) is 3.64. The van der Waals surface area contributed by atoms with Gasteiger partial charge in [-0.2, -0.15) is 0 Å². The van der Waals surface area contributed by atoms with E-state index in [9.17, 15) is 4.79 Å². The Kier molecular flexibility index (Phi) is 5.08. The molecule has 1 heterocycles. The summed E-state index contributed by atoms with van der Waals surface area (Å²) in [5, 5.41) is 4.46. The molecule has 1 atom stereocenters. The van der Waals surface area contributed by atoms with Gasteiger partial charge in [0, 0.05) is 17.6 Å². The minimum absolute atomic E-state index is 0.125. The molecule has 0 spiro atoms. The van der Waals surface area contributed by atoms with Crippen LogP contribution in [0.2, 0.25) is 5.02 Å². The van der Waals surface area contributed by atoms with Crippen LogP contribution in [-0.4, -0.2) is 29.1 Å². The second kappa shape index (κ2) is 6.83. The average molecular weight is 323 g/mol. The molecule has 0 aliphatic rings. The Labute approximate surface area is 134 Å². The fourth-order valence-corrected chi connectivity index (χ4v) is 2.33. The highest BCUT2D eigenvalue weighted by atomic mass is 35.5. The molecule has 22 heavy (non-hydrogen) atoms. The van der Waals surface area contributed by atoms with Crippen molar-refractivity contribution in [2.75, 3.05) is 7.05 Å². The molecule has 0 saturated heterocycles. The Bertz CT molecular complexity index is 650. The molecule has 0 fully saturated rings. The summed E-state index contributed by atoms with van der Waals surface area (Å²) < 4.78 is 10.8. The number of amides is 1. The molecule has 1 aromatic carbocycles. The van der Waals surface area contributed by atoms with Crippen LogP contribution in [0.15, 0.2) is 28.8 Å². The number of carbonyl (C=O) groups is 1. The molecule has 1 amide bonds. The Morgan fingerprint density at radius 1 is 1.45 bits per heavy atom. The summed E-state index contributed by atoms with van der Waals surface area (Å²) in [6.07, 6.45) is -0.607. The molecule has 0 saturated carbocycles. The van der Waals surface area contributed by atoms with E-state index in [-0.39, 0.29) is 5.91 Å². The van der Waals surface area contributed by atoms with Crippen molar-refractivity contribution in [2.45, 2.75) is 33.4 Å². The maximum Gasteiger partial charge on any atom is 0.263 e. The van der Waals surface area contributed by atoms with E-state index in [0.717, 1.165) is 17.0 Å². The number of hydrogen-bond acceptors (Lipinski definition) is 4. The Hall–Kier alpha value is -2.01. The first-order valence-electron chi connectivity index (χ1n) is 6.97. The van der Waals surface area contributed by atoms with Gasteiger partial charge in [0.2, 0.25) is 0 Å². The lowest BCUT2D eigenvalue weighted by Crippen LogP contribution is -2.37. The molecule has 2 rings (SSSR count). The van der Waals surface area contributed by atoms with Gasteiger partial charge in [-0.3, -0.25) is 4.79 Å². The number of aryl methyl sites for hydroxylation is 2. The van der Waals surface area contributed by atoms with Gasteiger partial charge in [0.05, 0.1) is 12.2 Å². The van der Waals surface area contributed by atoms with E-state index in [1.165, 1.54) is 0 Å². The van der Waals surface area contributed by atoms with Gasteiger partial charge < -0.3 is 14.2 Å². The maximum absolute atomic E-state index is 12.4. The number of aromatic nitrogens is 1. The monoisotopic (exact) mass is 322 g/mol. The standard InChI is InChI=1S/C16H19ClN2O3/c1-10-15(11(2)22-18-10)9-19(4)16(20)12(3)21-14-7-5-6-13(17)8-14/h5-8,12H,9H2,1-4H3/t12-/m1/s1. The molecule has 0 unspecified atom stereocenters. The van der Waals surface area contributed by atoms with Crippen LogP contribution >= 0.6 is 11.6 Å². The predicted molar refractivity (Wildman–Crippen MR) is 84.0 cm³/mol. The fourth-order valence-electron chi connectivity index (χ4n) is 2.15. The van der Waals surface area contributed by atoms with Gasteiger partial charge in [-0.25, -0.2) is 0 Å². The van der Waals surface area contributed by atoms with Crippen LogP contribution in [0.4, 0.5) is 0 Å². The smallest absolute Gasteiger partial charge is 0.263 e. The molecule has 118 valence electrons. The van der Waals surface area contributed by atoms with Gasteiger partial charge >= 0.3 is 0 Å². The van der Waals surface area contributed by atoms with E-state index in [2.05, 4.69) is 5.16 Å². The van der Waals surface area contributed by atoms with E-state index in [0.29, 0.717) is 17.3 Å². The second-order valence-electron chi connectivity index (χ2n) is 5.21. The second-order valence-corrected chi connectivity index (χ2v) is 5.65. The summed E-state index contributed by atoms with van der Waals surface area (Å²) in [5.74, 6) is 1.17. The van der Waals surface area contributed by atoms with Gasteiger partial charge in [-0.15, -0.1) is 0 Å². The highest BCUT2D eigenvalue weighted by Crippen LogP contribution is 2.19. The summed E-state index contributed by atoms with van der Waals surface area (Å²) in [7, 11) is 1.73. The van der Waals surface area contributed by atoms with Crippen molar-refractivity contribution < 1.29 is 14.1 Å². The van der Waals surface area contributed by atoms with Crippen LogP contribution in [0, 0.1) is 13.8 Å². The zero-order chi connectivity index (χ0) is 16.3. The summed E-state index contributed by atoms with van der Waals surface area (Å²) in [6.45, 7) is 5.84. The van der Waals surface area contributed by atoms with Gasteiger partial charge in [0.15, 0.2) is 6.10 Å². The highest BCUT2D eigenvalue weighted by molar-refractivity contribution is 6.30. The van der Waals surface area contributed by atoms with Crippen LogP contribution in [0.1, 0.15) is 23.9 Å². The van der Waals surface area contributed by atoms with Crippen LogP contribution in [0.5, 0.6) is 5.75 Å². The number of nitrogens with zero attached hydrogens (tertiary/aromatic N) is 2. The van der Waals surface area contributed by atoms with Crippen LogP contribution < -0.4 is 4.74 Å². The number of ether oxygens (including phenoxy) is 1. The minimum atomic E-state index is -0.607. The van der Waals surface area contributed by atoms with Gasteiger partial charge in [-0.05, 0) is 39.0 Å². The van der Waals surface area contributed by atoms with Gasteiger partial charge in [-0.1, -0.05) is 22.8 Å². The van der Waals surface area contributed by atoms with E-state index >= 15 is 0 Å². The molecular formula is C16H19ClN2O3. The van der Waals surface area contributed by atoms with Crippen LogP contribution in [0.3, 0.4) is 0 Å². The van der Waals surface area contributed by atoms with Crippen molar-refractivity contribution in [2.24, 2.45) is 0 Å². The number of rotatable bonds is 5. The third-order valence-electron chi connectivity index (χ3n) is 3.41. The SMILES string of the molecule is Cc1noc(C)c1CN(C)C(=O)[C@@H](C)Oc1cccc(Cl)c1. The molecule has 0 bridgehead atoms. The van der Waals surface area contributed by atoms with Crippen LogP contribution in [0.25, 0.3) is 0 Å². The molecule has 2 aromatic rings. The van der Waals surface area contributed by atoms with Crippen LogP contribution in [-0.2, 0) is 11.3 Å². The van der Waals surface area contributed by atoms with E-state index < -0.39 is 6.10 Å². The summed E-state index contributed by atoms with van der Waals surface area (Å²) in [5.41, 5.74) is 1.71. The maximum atomic E-state index is 12.4. The Morgan fingerprint density at radius 3 is 2.77 bits per heavy atom. The summed E-state index contributed by atoms with van der Waals surface area (Å²) >= 11 is 5.91. The largest absolute Gasteiger partial charge is 0.481 e. The first kappa shape index (κ1) is 16.4. The lowest BCUT2D eigenvalue weighted by atomic mass is 10.2. The van der Waals surface area contributed by atoms with Crippen molar-refractivity contribution in [3.8, 4) is 5.75 Å². The molecule has 0 aliphatic carbocycles. The fraction of sp³-hybridized carbons (Fsp3) is 0.375.